The van der Waals surface area contributed by atoms with E-state index in [0.717, 1.165) is 45.2 Å². The topological polar surface area (TPSA) is 36.9 Å². The maximum atomic E-state index is 5.37. The Hall–Kier alpha value is -1.33. The molecule has 4 nitrogen and oxygen atoms in total. The van der Waals surface area contributed by atoms with E-state index in [-0.39, 0.29) is 24.8 Å². The predicted molar refractivity (Wildman–Crippen MR) is 101 cm³/mol. The molecule has 1 fully saturated rings. The molecular weight excluding hydrogens is 333 g/mol. The Balaban J connectivity index is 0.000000960. The second-order valence-corrected chi connectivity index (χ2v) is 5.52. The van der Waals surface area contributed by atoms with Crippen molar-refractivity contribution in [3.63, 3.8) is 0 Å². The number of hydrogen-bond donors (Lipinski definition) is 1. The number of rotatable bonds is 3. The van der Waals surface area contributed by atoms with Gasteiger partial charge in [0.2, 0.25) is 0 Å². The van der Waals surface area contributed by atoms with E-state index in [9.17, 15) is 0 Å². The minimum atomic E-state index is 0. The van der Waals surface area contributed by atoms with Gasteiger partial charge >= 0.3 is 0 Å². The number of ether oxygens (including phenoxy) is 1. The van der Waals surface area contributed by atoms with Crippen molar-refractivity contribution in [2.45, 2.75) is 0 Å². The highest BCUT2D eigenvalue weighted by atomic mass is 35.5. The van der Waals surface area contributed by atoms with Crippen molar-refractivity contribution in [1.29, 1.82) is 0 Å². The Kier molecular flexibility index (Phi) is 6.25. The molecule has 1 saturated heterocycles. The highest BCUT2D eigenvalue weighted by molar-refractivity contribution is 6.25. The fourth-order valence-electron chi connectivity index (χ4n) is 3.09. The highest BCUT2D eigenvalue weighted by Crippen LogP contribution is 2.32. The first kappa shape index (κ1) is 18.0. The summed E-state index contributed by atoms with van der Waals surface area (Å²) in [6.45, 7) is 5.56. The first-order valence-corrected chi connectivity index (χ1v) is 7.55. The van der Waals surface area contributed by atoms with Crippen LogP contribution in [-0.4, -0.2) is 50.1 Å². The van der Waals surface area contributed by atoms with Gasteiger partial charge < -0.3 is 10.1 Å². The van der Waals surface area contributed by atoms with E-state index in [2.05, 4.69) is 46.6 Å². The van der Waals surface area contributed by atoms with Gasteiger partial charge in [-0.1, -0.05) is 30.3 Å². The van der Waals surface area contributed by atoms with Gasteiger partial charge in [-0.25, -0.2) is 0 Å². The summed E-state index contributed by atoms with van der Waals surface area (Å²) in [7, 11) is 0. The number of amidine groups is 1. The Labute approximate surface area is 148 Å². The van der Waals surface area contributed by atoms with Crippen LogP contribution in [0.3, 0.4) is 0 Å². The molecule has 124 valence electrons. The predicted octanol–water partition coefficient (Wildman–Crippen LogP) is 3.19. The van der Waals surface area contributed by atoms with Crippen LogP contribution in [0.1, 0.15) is 5.56 Å². The molecule has 0 spiro atoms. The number of morpholine rings is 1. The normalized spacial score (nSPS) is 18.3. The fraction of sp³-hybridized carbons (Fsp3) is 0.353. The Morgan fingerprint density at radius 3 is 2.57 bits per heavy atom. The maximum Gasteiger partial charge on any atom is 0.133 e. The summed E-state index contributed by atoms with van der Waals surface area (Å²) < 4.78 is 5.37. The van der Waals surface area contributed by atoms with Crippen LogP contribution in [0, 0.1) is 0 Å². The molecule has 0 radical (unpaired) electrons. The van der Waals surface area contributed by atoms with Crippen LogP contribution in [0.2, 0.25) is 0 Å². The zero-order chi connectivity index (χ0) is 14.1. The molecule has 2 aliphatic rings. The van der Waals surface area contributed by atoms with Gasteiger partial charge in [0.05, 0.1) is 19.8 Å². The number of anilines is 1. The molecule has 0 saturated carbocycles. The average Bonchev–Trinajstić information content (AvgIpc) is 2.89. The van der Waals surface area contributed by atoms with E-state index >= 15 is 0 Å². The number of aliphatic imine (C=N–C) groups is 1. The second kappa shape index (κ2) is 7.97. The molecule has 1 N–H and O–H groups in total. The summed E-state index contributed by atoms with van der Waals surface area (Å²) in [6, 6.07) is 12.8. The van der Waals surface area contributed by atoms with Gasteiger partial charge in [0.1, 0.15) is 5.84 Å². The first-order valence-electron chi connectivity index (χ1n) is 7.55. The number of nitrogens with one attached hydrogen (secondary N) is 1. The molecule has 0 bridgehead atoms. The molecule has 0 atom stereocenters. The molecule has 2 aliphatic heterocycles. The van der Waals surface area contributed by atoms with E-state index in [1.165, 1.54) is 22.0 Å². The van der Waals surface area contributed by atoms with Crippen molar-refractivity contribution < 1.29 is 4.74 Å². The lowest BCUT2D eigenvalue weighted by atomic mass is 10.1. The van der Waals surface area contributed by atoms with Crippen LogP contribution in [-0.2, 0) is 4.74 Å². The zero-order valence-electron chi connectivity index (χ0n) is 12.8. The van der Waals surface area contributed by atoms with Crippen molar-refractivity contribution in [3.8, 4) is 0 Å². The number of benzene rings is 2. The van der Waals surface area contributed by atoms with E-state index in [4.69, 9.17) is 9.73 Å². The van der Waals surface area contributed by atoms with Crippen LogP contribution < -0.4 is 5.32 Å². The average molecular weight is 354 g/mol. The van der Waals surface area contributed by atoms with E-state index < -0.39 is 0 Å². The number of halogens is 2. The third kappa shape index (κ3) is 3.61. The smallest absolute Gasteiger partial charge is 0.133 e. The Morgan fingerprint density at radius 1 is 1.04 bits per heavy atom. The molecule has 2 aromatic carbocycles. The van der Waals surface area contributed by atoms with Gasteiger partial charge in [-0.15, -0.1) is 24.8 Å². The standard InChI is InChI=1S/C17H19N3O.2ClH/c1-3-13-4-2-6-15-16(13)14(5-1)17(19-15)18-7-8-20-9-11-21-12-10-20;;/h1-6H,7-12H2,(H,18,19);2*1H. The lowest BCUT2D eigenvalue weighted by Crippen LogP contribution is -2.37. The third-order valence-electron chi connectivity index (χ3n) is 4.20. The van der Waals surface area contributed by atoms with Gasteiger partial charge in [-0.3, -0.25) is 9.89 Å². The first-order chi connectivity index (χ1) is 10.4. The molecule has 4 rings (SSSR count). The van der Waals surface area contributed by atoms with Crippen molar-refractivity contribution in [3.05, 3.63) is 42.0 Å². The molecule has 0 unspecified atom stereocenters. The SMILES string of the molecule is Cl.Cl.c1cc2c3c(cccc3c1)C(=NCCN1CCOCC1)N2. The molecule has 2 heterocycles. The number of hydrogen-bond acceptors (Lipinski definition) is 3. The van der Waals surface area contributed by atoms with Crippen molar-refractivity contribution in [1.82, 2.24) is 4.90 Å². The van der Waals surface area contributed by atoms with Crippen molar-refractivity contribution in [2.24, 2.45) is 4.99 Å². The summed E-state index contributed by atoms with van der Waals surface area (Å²) in [5, 5.41) is 6.02. The summed E-state index contributed by atoms with van der Waals surface area (Å²) >= 11 is 0. The highest BCUT2D eigenvalue weighted by Gasteiger charge is 2.18. The van der Waals surface area contributed by atoms with Gasteiger partial charge in [0, 0.05) is 36.3 Å². The third-order valence-corrected chi connectivity index (χ3v) is 4.20. The molecule has 2 aromatic rings. The molecular formula is C17H21Cl2N3O. The number of nitrogens with zero attached hydrogens (tertiary/aromatic N) is 2. The quantitative estimate of drug-likeness (QED) is 0.920. The summed E-state index contributed by atoms with van der Waals surface area (Å²) in [4.78, 5) is 7.19. The molecule has 23 heavy (non-hydrogen) atoms. The summed E-state index contributed by atoms with van der Waals surface area (Å²) in [6.07, 6.45) is 0. The molecule has 6 heteroatoms. The van der Waals surface area contributed by atoms with Crippen molar-refractivity contribution >= 4 is 47.1 Å². The van der Waals surface area contributed by atoms with Gasteiger partial charge in [0.15, 0.2) is 0 Å². The molecule has 0 aliphatic carbocycles. The van der Waals surface area contributed by atoms with Gasteiger partial charge in [-0.05, 0) is 11.5 Å². The minimum Gasteiger partial charge on any atom is -0.379 e. The maximum absolute atomic E-state index is 5.37. The van der Waals surface area contributed by atoms with Crippen LogP contribution >= 0.6 is 24.8 Å². The summed E-state index contributed by atoms with van der Waals surface area (Å²) in [5.74, 6) is 1.01. The monoisotopic (exact) mass is 353 g/mol. The zero-order valence-corrected chi connectivity index (χ0v) is 14.5. The largest absolute Gasteiger partial charge is 0.379 e. The van der Waals surface area contributed by atoms with Crippen LogP contribution in [0.25, 0.3) is 10.8 Å². The van der Waals surface area contributed by atoms with E-state index in [1.807, 2.05) is 0 Å². The second-order valence-electron chi connectivity index (χ2n) is 5.52. The van der Waals surface area contributed by atoms with Gasteiger partial charge in [-0.2, -0.15) is 0 Å². The van der Waals surface area contributed by atoms with Crippen LogP contribution in [0.4, 0.5) is 5.69 Å². The van der Waals surface area contributed by atoms with Crippen LogP contribution in [0.15, 0.2) is 41.4 Å². The Bertz CT molecular complexity index is 694. The molecule has 0 aromatic heterocycles. The van der Waals surface area contributed by atoms with E-state index in [0.29, 0.717) is 0 Å². The molecule has 0 amide bonds. The van der Waals surface area contributed by atoms with Crippen molar-refractivity contribution in [2.75, 3.05) is 44.7 Å². The lowest BCUT2D eigenvalue weighted by molar-refractivity contribution is 0.0394. The van der Waals surface area contributed by atoms with E-state index in [1.54, 1.807) is 0 Å². The minimum absolute atomic E-state index is 0. The fourth-order valence-corrected chi connectivity index (χ4v) is 3.09. The van der Waals surface area contributed by atoms with Crippen LogP contribution in [0.5, 0.6) is 0 Å². The lowest BCUT2D eigenvalue weighted by Gasteiger charge is -2.25. The Morgan fingerprint density at radius 2 is 1.78 bits per heavy atom. The summed E-state index contributed by atoms with van der Waals surface area (Å²) in [5.41, 5.74) is 2.40. The van der Waals surface area contributed by atoms with Gasteiger partial charge in [0.25, 0.3) is 0 Å².